The van der Waals surface area contributed by atoms with E-state index in [1.54, 1.807) is 24.3 Å². The van der Waals surface area contributed by atoms with Crippen molar-refractivity contribution in [2.24, 2.45) is 0 Å². The molecule has 2 heterocycles. The van der Waals surface area contributed by atoms with Gasteiger partial charge in [0.1, 0.15) is 11.6 Å². The third kappa shape index (κ3) is 5.14. The molecule has 4 nitrogen and oxygen atoms in total. The van der Waals surface area contributed by atoms with E-state index in [1.165, 1.54) is 12.1 Å². The van der Waals surface area contributed by atoms with Gasteiger partial charge in [0.05, 0.1) is 57.4 Å². The van der Waals surface area contributed by atoms with Crippen LogP contribution in [0.15, 0.2) is 146 Å². The Hall–Kier alpha value is -7.02. The second-order valence-electron chi connectivity index (χ2n) is 15.5. The van der Waals surface area contributed by atoms with Gasteiger partial charge in [0.2, 0.25) is 0 Å². The minimum absolute atomic E-state index is 0.209. The lowest BCUT2D eigenvalue weighted by Crippen LogP contribution is -2.31. The lowest BCUT2D eigenvalue weighted by molar-refractivity contribution is 0.628. The minimum atomic E-state index is -0.548. The van der Waals surface area contributed by atoms with Crippen LogP contribution in [0.5, 0.6) is 0 Å². The quantitative estimate of drug-likeness (QED) is 0.181. The number of benzene rings is 7. The number of hydrogen-bond acceptors (Lipinski definition) is 4. The summed E-state index contributed by atoms with van der Waals surface area (Å²) < 4.78 is 33.3. The van der Waals surface area contributed by atoms with Crippen molar-refractivity contribution in [2.45, 2.75) is 38.5 Å². The Bertz CT molecular complexity index is 2550. The van der Waals surface area contributed by atoms with Crippen LogP contribution in [0.2, 0.25) is 0 Å². The second-order valence-corrected chi connectivity index (χ2v) is 15.5. The van der Waals surface area contributed by atoms with E-state index in [1.807, 2.05) is 60.7 Å². The van der Waals surface area contributed by atoms with Crippen molar-refractivity contribution in [3.05, 3.63) is 191 Å². The summed E-state index contributed by atoms with van der Waals surface area (Å²) >= 11 is 0. The van der Waals surface area contributed by atoms with Crippen LogP contribution in [-0.2, 0) is 10.8 Å². The van der Waals surface area contributed by atoms with Gasteiger partial charge in [-0.3, -0.25) is 0 Å². The average molecular weight is 731 g/mol. The van der Waals surface area contributed by atoms with Crippen LogP contribution >= 0.6 is 0 Å². The van der Waals surface area contributed by atoms with Crippen LogP contribution in [0, 0.1) is 34.3 Å². The topological polar surface area (TPSA) is 54.1 Å². The number of fused-ring (bicyclic) bond motifs is 4. The molecule has 0 atom stereocenters. The molecular weight excluding hydrogens is 695 g/mol. The minimum Gasteiger partial charge on any atom is -0.309 e. The molecule has 0 spiro atoms. The molecule has 9 rings (SSSR count). The summed E-state index contributed by atoms with van der Waals surface area (Å²) in [5.41, 5.74) is 10.7. The first kappa shape index (κ1) is 34.7. The fourth-order valence-corrected chi connectivity index (χ4v) is 8.84. The number of nitrogens with zero attached hydrogens (tertiary/aromatic N) is 4. The number of nitriles is 2. The zero-order valence-corrected chi connectivity index (χ0v) is 31.4. The molecule has 7 aromatic rings. The molecule has 2 aliphatic rings. The lowest BCUT2D eigenvalue weighted by atomic mass is 9.73. The van der Waals surface area contributed by atoms with E-state index in [9.17, 15) is 10.5 Å². The van der Waals surface area contributed by atoms with Crippen LogP contribution in [0.3, 0.4) is 0 Å². The Morgan fingerprint density at radius 1 is 0.393 bits per heavy atom. The first-order valence-electron chi connectivity index (χ1n) is 18.6. The number of rotatable bonds is 4. The third-order valence-corrected chi connectivity index (χ3v) is 11.6. The van der Waals surface area contributed by atoms with Crippen molar-refractivity contribution >= 4 is 34.1 Å². The molecule has 270 valence electrons. The van der Waals surface area contributed by atoms with Crippen molar-refractivity contribution in [1.82, 2.24) is 0 Å². The SMILES string of the molecule is CC1(C)c2ccccc2N(c2cc(-c3ccc(C#N)cc3F)c(N3c4ccccc4C(C)(C)c4ccccc43)cc2-c2ccc(C#N)cc2F)c2ccccc21. The molecule has 6 heteroatoms. The normalized spacial score (nSPS) is 14.4. The van der Waals surface area contributed by atoms with Crippen LogP contribution in [0.25, 0.3) is 22.3 Å². The maximum atomic E-state index is 16.6. The van der Waals surface area contributed by atoms with Crippen LogP contribution in [-0.4, -0.2) is 0 Å². The summed E-state index contributed by atoms with van der Waals surface area (Å²) in [6.07, 6.45) is 0. The molecule has 56 heavy (non-hydrogen) atoms. The summed E-state index contributed by atoms with van der Waals surface area (Å²) in [5, 5.41) is 19.5. The zero-order valence-electron chi connectivity index (χ0n) is 31.4. The van der Waals surface area contributed by atoms with E-state index in [0.29, 0.717) is 33.6 Å². The molecule has 0 aromatic heterocycles. The molecule has 0 bridgehead atoms. The fourth-order valence-electron chi connectivity index (χ4n) is 8.84. The first-order chi connectivity index (χ1) is 27.0. The summed E-state index contributed by atoms with van der Waals surface area (Å²) in [6, 6.07) is 50.1. The van der Waals surface area contributed by atoms with E-state index in [-0.39, 0.29) is 22.0 Å². The molecule has 0 fully saturated rings. The Kier molecular flexibility index (Phi) is 7.93. The summed E-state index contributed by atoms with van der Waals surface area (Å²) in [4.78, 5) is 4.30. The smallest absolute Gasteiger partial charge is 0.132 e. The monoisotopic (exact) mass is 730 g/mol. The molecular formula is C50H36F2N4. The maximum absolute atomic E-state index is 16.6. The van der Waals surface area contributed by atoms with Crippen LogP contribution in [0.1, 0.15) is 61.1 Å². The Labute approximate surface area is 325 Å². The fraction of sp³-hybridized carbons (Fsp3) is 0.120. The first-order valence-corrected chi connectivity index (χ1v) is 18.6. The maximum Gasteiger partial charge on any atom is 0.132 e. The molecule has 0 radical (unpaired) electrons. The molecule has 0 unspecified atom stereocenters. The third-order valence-electron chi connectivity index (χ3n) is 11.6. The highest BCUT2D eigenvalue weighted by atomic mass is 19.1. The van der Waals surface area contributed by atoms with Crippen molar-refractivity contribution in [1.29, 1.82) is 10.5 Å². The number of anilines is 6. The van der Waals surface area contributed by atoms with Crippen molar-refractivity contribution in [3.63, 3.8) is 0 Å². The second kappa shape index (κ2) is 12.8. The van der Waals surface area contributed by atoms with E-state index in [4.69, 9.17) is 0 Å². The zero-order chi connectivity index (χ0) is 38.9. The van der Waals surface area contributed by atoms with E-state index in [0.717, 1.165) is 45.0 Å². The highest BCUT2D eigenvalue weighted by Crippen LogP contribution is 2.58. The van der Waals surface area contributed by atoms with Gasteiger partial charge in [-0.1, -0.05) is 113 Å². The molecule has 2 aliphatic heterocycles. The highest BCUT2D eigenvalue weighted by molar-refractivity contribution is 6.01. The summed E-state index contributed by atoms with van der Waals surface area (Å²) in [6.45, 7) is 8.82. The molecule has 0 aliphatic carbocycles. The standard InChI is InChI=1S/C50H36F2N4/c1-49(2)37-13-5-9-17-43(37)55(44-18-10-6-14-38(44)49)47-27-36(34-24-22-32(30-54)26-42(34)52)48(28-35(47)33-23-21-31(29-53)25-41(33)51)56-45-19-11-7-15-39(45)50(3,4)40-16-8-12-20-46(40)56/h5-28H,1-4H3. The van der Waals surface area contributed by atoms with Gasteiger partial charge in [-0.2, -0.15) is 10.5 Å². The molecule has 0 saturated carbocycles. The number of halogens is 2. The van der Waals surface area contributed by atoms with Gasteiger partial charge in [-0.15, -0.1) is 0 Å². The number of para-hydroxylation sites is 4. The van der Waals surface area contributed by atoms with Crippen molar-refractivity contribution in [2.75, 3.05) is 9.80 Å². The van der Waals surface area contributed by atoms with Gasteiger partial charge in [-0.05, 0) is 82.9 Å². The van der Waals surface area contributed by atoms with Gasteiger partial charge >= 0.3 is 0 Å². The van der Waals surface area contributed by atoms with Gasteiger partial charge in [0.15, 0.2) is 0 Å². The van der Waals surface area contributed by atoms with Crippen molar-refractivity contribution < 1.29 is 8.78 Å². The van der Waals surface area contributed by atoms with E-state index < -0.39 is 11.6 Å². The Morgan fingerprint density at radius 2 is 0.696 bits per heavy atom. The summed E-state index contributed by atoms with van der Waals surface area (Å²) in [5.74, 6) is -1.10. The average Bonchev–Trinajstić information content (AvgIpc) is 3.21. The van der Waals surface area contributed by atoms with E-state index in [2.05, 4.69) is 98.2 Å². The van der Waals surface area contributed by atoms with Crippen molar-refractivity contribution in [3.8, 4) is 34.4 Å². The largest absolute Gasteiger partial charge is 0.309 e. The molecule has 0 saturated heterocycles. The Morgan fingerprint density at radius 3 is 0.982 bits per heavy atom. The highest BCUT2D eigenvalue weighted by Gasteiger charge is 2.40. The number of hydrogen-bond donors (Lipinski definition) is 0. The molecule has 0 N–H and O–H groups in total. The van der Waals surface area contributed by atoms with Gasteiger partial charge < -0.3 is 9.80 Å². The molecule has 0 amide bonds. The van der Waals surface area contributed by atoms with Crippen LogP contribution < -0.4 is 9.80 Å². The van der Waals surface area contributed by atoms with Crippen LogP contribution in [0.4, 0.5) is 42.9 Å². The van der Waals surface area contributed by atoms with Gasteiger partial charge in [0.25, 0.3) is 0 Å². The molecule has 7 aromatic carbocycles. The van der Waals surface area contributed by atoms with E-state index >= 15 is 8.78 Å². The lowest BCUT2D eigenvalue weighted by Gasteiger charge is -2.44. The predicted molar refractivity (Wildman–Crippen MR) is 220 cm³/mol. The summed E-state index contributed by atoms with van der Waals surface area (Å²) in [7, 11) is 0. The van der Waals surface area contributed by atoms with Gasteiger partial charge in [-0.25, -0.2) is 8.78 Å². The Balaban J connectivity index is 1.45. The predicted octanol–water partition coefficient (Wildman–Crippen LogP) is 13.3. The van der Waals surface area contributed by atoms with Gasteiger partial charge in [0, 0.05) is 33.1 Å².